The fourth-order valence-corrected chi connectivity index (χ4v) is 5.54. The summed E-state index contributed by atoms with van der Waals surface area (Å²) in [5.41, 5.74) is 6.38. The molecular weight excluding hydrogens is 472 g/mol. The zero-order valence-electron chi connectivity index (χ0n) is 20.4. The van der Waals surface area contributed by atoms with Crippen molar-refractivity contribution in [1.29, 1.82) is 0 Å². The molecule has 0 atom stereocenters. The third-order valence-corrected chi connectivity index (χ3v) is 7.28. The highest BCUT2D eigenvalue weighted by Gasteiger charge is 2.31. The Morgan fingerprint density at radius 3 is 1.89 bits per heavy atom. The topological polar surface area (TPSA) is 60.4 Å². The van der Waals surface area contributed by atoms with E-state index in [1.807, 2.05) is 78.9 Å². The fourth-order valence-electron chi connectivity index (χ4n) is 5.54. The SMILES string of the molecule is O=C(c1ccccc1)c1c(C(=C2Cc3ccccc3C2)c2ccccc2)oc2c1c(=O)oc1ccccc12. The van der Waals surface area contributed by atoms with Crippen molar-refractivity contribution in [3.63, 3.8) is 0 Å². The number of para-hydroxylation sites is 1. The van der Waals surface area contributed by atoms with E-state index in [1.54, 1.807) is 18.2 Å². The van der Waals surface area contributed by atoms with Gasteiger partial charge in [-0.3, -0.25) is 4.79 Å². The lowest BCUT2D eigenvalue weighted by atomic mass is 9.90. The average Bonchev–Trinajstić information content (AvgIpc) is 3.57. The molecule has 7 rings (SSSR count). The van der Waals surface area contributed by atoms with Crippen LogP contribution in [0.1, 0.15) is 38.4 Å². The second-order valence-corrected chi connectivity index (χ2v) is 9.56. The maximum Gasteiger partial charge on any atom is 0.348 e. The van der Waals surface area contributed by atoms with Gasteiger partial charge in [0.15, 0.2) is 11.4 Å². The van der Waals surface area contributed by atoms with Gasteiger partial charge in [0, 0.05) is 11.1 Å². The predicted octanol–water partition coefficient (Wildman–Crippen LogP) is 7.37. The van der Waals surface area contributed by atoms with Gasteiger partial charge in [0.25, 0.3) is 0 Å². The molecule has 0 N–H and O–H groups in total. The predicted molar refractivity (Wildman–Crippen MR) is 148 cm³/mol. The lowest BCUT2D eigenvalue weighted by molar-refractivity contribution is 0.103. The lowest BCUT2D eigenvalue weighted by Gasteiger charge is -2.12. The molecule has 0 bridgehead atoms. The van der Waals surface area contributed by atoms with Crippen LogP contribution in [0, 0.1) is 0 Å². The summed E-state index contributed by atoms with van der Waals surface area (Å²) in [6, 6.07) is 34.6. The highest BCUT2D eigenvalue weighted by Crippen LogP contribution is 2.41. The Balaban J connectivity index is 1.60. The number of hydrogen-bond acceptors (Lipinski definition) is 4. The Morgan fingerprint density at radius 2 is 1.21 bits per heavy atom. The Labute approximate surface area is 218 Å². The van der Waals surface area contributed by atoms with E-state index >= 15 is 0 Å². The monoisotopic (exact) mass is 494 g/mol. The minimum absolute atomic E-state index is 0.178. The van der Waals surface area contributed by atoms with E-state index in [9.17, 15) is 9.59 Å². The largest absolute Gasteiger partial charge is 0.454 e. The standard InChI is InChI=1S/C34H22O4/c35-31(22-13-5-2-6-14-22)29-30-32(26-17-9-10-18-27(26)37-34(30)36)38-33(29)28(21-11-3-1-4-12-21)25-19-23-15-7-8-16-24(23)20-25/h1-18H,19-20H2. The molecule has 0 saturated carbocycles. The van der Waals surface area contributed by atoms with Crippen molar-refractivity contribution in [2.45, 2.75) is 12.8 Å². The number of fused-ring (bicyclic) bond motifs is 4. The lowest BCUT2D eigenvalue weighted by Crippen LogP contribution is -2.09. The van der Waals surface area contributed by atoms with Crippen LogP contribution in [0.5, 0.6) is 0 Å². The van der Waals surface area contributed by atoms with Gasteiger partial charge in [-0.1, -0.05) is 97.1 Å². The summed E-state index contributed by atoms with van der Waals surface area (Å²) >= 11 is 0. The van der Waals surface area contributed by atoms with E-state index in [0.29, 0.717) is 27.9 Å². The number of furan rings is 1. The van der Waals surface area contributed by atoms with Gasteiger partial charge in [0.05, 0.1) is 10.9 Å². The first-order valence-electron chi connectivity index (χ1n) is 12.6. The van der Waals surface area contributed by atoms with E-state index in [2.05, 4.69) is 12.1 Å². The summed E-state index contributed by atoms with van der Waals surface area (Å²) in [4.78, 5) is 27.6. The summed E-state index contributed by atoms with van der Waals surface area (Å²) in [5.74, 6) is 0.137. The number of allylic oxidation sites excluding steroid dienone is 1. The van der Waals surface area contributed by atoms with Crippen LogP contribution in [-0.4, -0.2) is 5.78 Å². The van der Waals surface area contributed by atoms with E-state index < -0.39 is 5.63 Å². The normalized spacial score (nSPS) is 12.7. The fraction of sp³-hybridized carbons (Fsp3) is 0.0588. The van der Waals surface area contributed by atoms with Gasteiger partial charge >= 0.3 is 5.63 Å². The van der Waals surface area contributed by atoms with Crippen molar-refractivity contribution in [2.24, 2.45) is 0 Å². The van der Waals surface area contributed by atoms with Crippen LogP contribution in [0.15, 0.2) is 128 Å². The quantitative estimate of drug-likeness (QED) is 0.190. The van der Waals surface area contributed by atoms with Gasteiger partial charge < -0.3 is 8.83 Å². The summed E-state index contributed by atoms with van der Waals surface area (Å²) < 4.78 is 12.3. The van der Waals surface area contributed by atoms with Gasteiger partial charge in [-0.05, 0) is 47.2 Å². The molecule has 4 heteroatoms. The van der Waals surface area contributed by atoms with Gasteiger partial charge in [0.2, 0.25) is 0 Å². The molecule has 0 saturated heterocycles. The molecule has 0 aliphatic heterocycles. The maximum absolute atomic E-state index is 14.1. The Kier molecular flexibility index (Phi) is 5.19. The molecule has 1 aliphatic rings. The molecule has 2 aromatic heterocycles. The first kappa shape index (κ1) is 22.3. The van der Waals surface area contributed by atoms with Crippen LogP contribution in [0.3, 0.4) is 0 Å². The van der Waals surface area contributed by atoms with Crippen molar-refractivity contribution in [2.75, 3.05) is 0 Å². The van der Waals surface area contributed by atoms with Gasteiger partial charge in [-0.25, -0.2) is 4.79 Å². The number of ketones is 1. The molecule has 0 amide bonds. The minimum atomic E-state index is -0.583. The van der Waals surface area contributed by atoms with Crippen molar-refractivity contribution in [3.05, 3.63) is 159 Å². The molecule has 0 fully saturated rings. The van der Waals surface area contributed by atoms with E-state index in [4.69, 9.17) is 8.83 Å². The summed E-state index contributed by atoms with van der Waals surface area (Å²) in [6.07, 6.45) is 1.48. The highest BCUT2D eigenvalue weighted by atomic mass is 16.4. The van der Waals surface area contributed by atoms with Crippen molar-refractivity contribution in [3.8, 4) is 0 Å². The van der Waals surface area contributed by atoms with Crippen LogP contribution in [-0.2, 0) is 12.8 Å². The maximum atomic E-state index is 14.1. The van der Waals surface area contributed by atoms with Gasteiger partial charge in [-0.2, -0.15) is 0 Å². The Hall–Kier alpha value is -4.96. The molecule has 0 radical (unpaired) electrons. The van der Waals surface area contributed by atoms with Crippen LogP contribution < -0.4 is 5.63 Å². The molecule has 182 valence electrons. The minimum Gasteiger partial charge on any atom is -0.454 e. The number of hydrogen-bond donors (Lipinski definition) is 0. The first-order valence-corrected chi connectivity index (χ1v) is 12.6. The van der Waals surface area contributed by atoms with E-state index in [1.165, 1.54) is 11.1 Å². The second kappa shape index (κ2) is 8.86. The molecule has 1 aliphatic carbocycles. The summed E-state index contributed by atoms with van der Waals surface area (Å²) in [7, 11) is 0. The second-order valence-electron chi connectivity index (χ2n) is 9.56. The third kappa shape index (κ3) is 3.53. The van der Waals surface area contributed by atoms with Crippen molar-refractivity contribution >= 4 is 33.3 Å². The zero-order chi connectivity index (χ0) is 25.6. The first-order chi connectivity index (χ1) is 18.7. The number of rotatable bonds is 4. The highest BCUT2D eigenvalue weighted by molar-refractivity contribution is 6.21. The van der Waals surface area contributed by atoms with E-state index in [0.717, 1.165) is 29.6 Å². The summed E-state index contributed by atoms with van der Waals surface area (Å²) in [5, 5.41) is 0.833. The van der Waals surface area contributed by atoms with E-state index in [-0.39, 0.29) is 16.7 Å². The molecule has 38 heavy (non-hydrogen) atoms. The number of benzene rings is 4. The van der Waals surface area contributed by atoms with Gasteiger partial charge in [0.1, 0.15) is 16.7 Å². The van der Waals surface area contributed by atoms with Crippen LogP contribution in [0.4, 0.5) is 0 Å². The Morgan fingerprint density at radius 1 is 0.632 bits per heavy atom. The van der Waals surface area contributed by atoms with Crippen LogP contribution in [0.2, 0.25) is 0 Å². The molecule has 0 unspecified atom stereocenters. The van der Waals surface area contributed by atoms with Gasteiger partial charge in [-0.15, -0.1) is 0 Å². The zero-order valence-corrected chi connectivity index (χ0v) is 20.4. The van der Waals surface area contributed by atoms with Crippen LogP contribution >= 0.6 is 0 Å². The Bertz CT molecular complexity index is 1910. The molecule has 4 aromatic carbocycles. The summed E-state index contributed by atoms with van der Waals surface area (Å²) in [6.45, 7) is 0. The third-order valence-electron chi connectivity index (χ3n) is 7.28. The van der Waals surface area contributed by atoms with Crippen LogP contribution in [0.25, 0.3) is 27.5 Å². The molecular formula is C34H22O4. The molecule has 4 nitrogen and oxygen atoms in total. The number of carbonyl (C=O) groups is 1. The molecule has 2 heterocycles. The average molecular weight is 495 g/mol. The number of carbonyl (C=O) groups excluding carboxylic acids is 1. The van der Waals surface area contributed by atoms with Crippen molar-refractivity contribution < 1.29 is 13.6 Å². The molecule has 0 spiro atoms. The van der Waals surface area contributed by atoms with Crippen molar-refractivity contribution in [1.82, 2.24) is 0 Å². The molecule has 6 aromatic rings. The smallest absolute Gasteiger partial charge is 0.348 e.